The van der Waals surface area contributed by atoms with Crippen LogP contribution in [0, 0.1) is 0 Å². The number of nitrogens with zero attached hydrogens (tertiary/aromatic N) is 2. The number of hydrogen-bond donors (Lipinski definition) is 1. The predicted octanol–water partition coefficient (Wildman–Crippen LogP) is 5.33. The van der Waals surface area contributed by atoms with Crippen LogP contribution < -0.4 is 5.32 Å². The van der Waals surface area contributed by atoms with Gasteiger partial charge in [-0.2, -0.15) is 9.36 Å². The minimum Gasteiger partial charge on any atom is -0.297 e. The summed E-state index contributed by atoms with van der Waals surface area (Å²) in [6.45, 7) is 0. The van der Waals surface area contributed by atoms with E-state index in [1.165, 1.54) is 35.0 Å². The Balaban J connectivity index is 1.42. The zero-order valence-electron chi connectivity index (χ0n) is 13.9. The summed E-state index contributed by atoms with van der Waals surface area (Å²) < 4.78 is 4.80. The first-order valence-electron chi connectivity index (χ1n) is 8.33. The van der Waals surface area contributed by atoms with Crippen LogP contribution in [0.3, 0.4) is 0 Å². The number of nitrogens with one attached hydrogen (secondary N) is 1. The van der Waals surface area contributed by atoms with Crippen LogP contribution in [0.25, 0.3) is 11.4 Å². The Morgan fingerprint density at radius 2 is 1.73 bits per heavy atom. The second kappa shape index (κ2) is 8.24. The van der Waals surface area contributed by atoms with Crippen molar-refractivity contribution < 1.29 is 4.79 Å². The lowest BCUT2D eigenvalue weighted by molar-refractivity contribution is 0.102. The smallest absolute Gasteiger partial charge is 0.257 e. The van der Waals surface area contributed by atoms with Crippen LogP contribution in [0.2, 0.25) is 0 Å². The van der Waals surface area contributed by atoms with E-state index >= 15 is 0 Å². The molecular formula is C19H17N3OS3. The number of carbonyl (C=O) groups excluding carboxylic acids is 1. The number of benzene rings is 2. The normalized spacial score (nSPS) is 14.9. The molecule has 1 amide bonds. The van der Waals surface area contributed by atoms with E-state index in [0.717, 1.165) is 5.56 Å². The monoisotopic (exact) mass is 399 g/mol. The number of rotatable bonds is 4. The molecule has 1 fully saturated rings. The van der Waals surface area contributed by atoms with Crippen molar-refractivity contribution in [2.24, 2.45) is 0 Å². The van der Waals surface area contributed by atoms with Gasteiger partial charge in [0.2, 0.25) is 5.13 Å². The third kappa shape index (κ3) is 4.11. The van der Waals surface area contributed by atoms with Gasteiger partial charge in [-0.25, -0.2) is 0 Å². The van der Waals surface area contributed by atoms with E-state index in [1.807, 2.05) is 66.0 Å². The van der Waals surface area contributed by atoms with Gasteiger partial charge in [-0.05, 0) is 35.6 Å². The maximum Gasteiger partial charge on any atom is 0.257 e. The lowest BCUT2D eigenvalue weighted by atomic mass is 10.1. The van der Waals surface area contributed by atoms with Gasteiger partial charge < -0.3 is 0 Å². The number of amides is 1. The Bertz CT molecular complexity index is 875. The average Bonchev–Trinajstić information content (AvgIpc) is 3.18. The van der Waals surface area contributed by atoms with Crippen molar-refractivity contribution in [2.75, 3.05) is 16.8 Å². The van der Waals surface area contributed by atoms with Gasteiger partial charge in [0.15, 0.2) is 5.82 Å². The molecule has 1 aliphatic heterocycles. The first-order valence-corrected chi connectivity index (χ1v) is 11.2. The third-order valence-corrected chi connectivity index (χ3v) is 7.60. The summed E-state index contributed by atoms with van der Waals surface area (Å²) >= 11 is 5.15. The fourth-order valence-electron chi connectivity index (χ4n) is 2.62. The maximum atomic E-state index is 12.5. The Kier molecular flexibility index (Phi) is 5.57. The summed E-state index contributed by atoms with van der Waals surface area (Å²) in [5, 5.41) is 3.35. The highest BCUT2D eigenvalue weighted by atomic mass is 32.2. The number of aromatic nitrogens is 2. The standard InChI is InChI=1S/C19H17N3OS3/c23-17(14-7-9-15(10-8-14)18-24-11-4-12-25-18)21-19-20-16(22-26-19)13-5-2-1-3-6-13/h1-3,5-10,18H,4,11-12H2,(H,20,21,22,23). The van der Waals surface area contributed by atoms with E-state index in [-0.39, 0.29) is 5.91 Å². The van der Waals surface area contributed by atoms with Gasteiger partial charge in [0.05, 0.1) is 4.58 Å². The Hall–Kier alpha value is -1.83. The molecule has 0 radical (unpaired) electrons. The first-order chi connectivity index (χ1) is 12.8. The zero-order valence-corrected chi connectivity index (χ0v) is 16.4. The molecule has 0 atom stereocenters. The predicted molar refractivity (Wildman–Crippen MR) is 112 cm³/mol. The van der Waals surface area contributed by atoms with Crippen molar-refractivity contribution in [3.63, 3.8) is 0 Å². The van der Waals surface area contributed by atoms with Crippen molar-refractivity contribution >= 4 is 46.1 Å². The molecule has 0 bridgehead atoms. The molecule has 1 saturated heterocycles. The number of thioether (sulfide) groups is 2. The summed E-state index contributed by atoms with van der Waals surface area (Å²) in [6, 6.07) is 17.6. The third-order valence-electron chi connectivity index (χ3n) is 3.95. The largest absolute Gasteiger partial charge is 0.297 e. The van der Waals surface area contributed by atoms with Crippen LogP contribution in [0.15, 0.2) is 54.6 Å². The highest BCUT2D eigenvalue weighted by Gasteiger charge is 2.17. The van der Waals surface area contributed by atoms with E-state index < -0.39 is 0 Å². The van der Waals surface area contributed by atoms with E-state index in [0.29, 0.717) is 21.1 Å². The summed E-state index contributed by atoms with van der Waals surface area (Å²) in [7, 11) is 0. The molecule has 0 saturated carbocycles. The Labute approximate surface area is 165 Å². The molecule has 0 aliphatic carbocycles. The van der Waals surface area contributed by atoms with Gasteiger partial charge in [0.1, 0.15) is 0 Å². The van der Waals surface area contributed by atoms with Crippen LogP contribution in [0.5, 0.6) is 0 Å². The summed E-state index contributed by atoms with van der Waals surface area (Å²) in [5.41, 5.74) is 2.85. The molecule has 1 N–H and O–H groups in total. The topological polar surface area (TPSA) is 54.9 Å². The molecule has 2 heterocycles. The van der Waals surface area contributed by atoms with Gasteiger partial charge >= 0.3 is 0 Å². The lowest BCUT2D eigenvalue weighted by Crippen LogP contribution is -2.11. The summed E-state index contributed by atoms with van der Waals surface area (Å²) in [4.78, 5) is 16.9. The molecule has 3 aromatic rings. The quantitative estimate of drug-likeness (QED) is 0.643. The minimum absolute atomic E-state index is 0.156. The van der Waals surface area contributed by atoms with Crippen molar-refractivity contribution in [1.29, 1.82) is 0 Å². The number of carbonyl (C=O) groups is 1. The highest BCUT2D eigenvalue weighted by molar-refractivity contribution is 8.16. The van der Waals surface area contributed by atoms with Gasteiger partial charge in [0, 0.05) is 22.7 Å². The molecule has 0 unspecified atom stereocenters. The van der Waals surface area contributed by atoms with Crippen molar-refractivity contribution in [1.82, 2.24) is 9.36 Å². The van der Waals surface area contributed by atoms with Crippen LogP contribution in [-0.2, 0) is 0 Å². The zero-order chi connectivity index (χ0) is 17.8. The van der Waals surface area contributed by atoms with E-state index in [2.05, 4.69) is 26.8 Å². The molecule has 2 aromatic carbocycles. The second-order valence-corrected chi connectivity index (χ2v) is 9.27. The number of anilines is 1. The summed E-state index contributed by atoms with van der Waals surface area (Å²) in [6.07, 6.45) is 1.28. The van der Waals surface area contributed by atoms with Crippen LogP contribution >= 0.6 is 35.1 Å². The van der Waals surface area contributed by atoms with Crippen molar-refractivity contribution in [3.8, 4) is 11.4 Å². The fourth-order valence-corrected chi connectivity index (χ4v) is 6.10. The molecule has 26 heavy (non-hydrogen) atoms. The lowest BCUT2D eigenvalue weighted by Gasteiger charge is -2.21. The van der Waals surface area contributed by atoms with Gasteiger partial charge in [-0.1, -0.05) is 42.5 Å². The molecule has 1 aromatic heterocycles. The summed E-state index contributed by atoms with van der Waals surface area (Å²) in [5.74, 6) is 2.89. The first kappa shape index (κ1) is 17.6. The van der Waals surface area contributed by atoms with Gasteiger partial charge in [-0.3, -0.25) is 10.1 Å². The number of hydrogen-bond acceptors (Lipinski definition) is 6. The van der Waals surface area contributed by atoms with E-state index in [9.17, 15) is 4.79 Å². The average molecular weight is 400 g/mol. The van der Waals surface area contributed by atoms with Crippen LogP contribution in [0.4, 0.5) is 5.13 Å². The van der Waals surface area contributed by atoms with Crippen molar-refractivity contribution in [3.05, 3.63) is 65.7 Å². The fraction of sp³-hybridized carbons (Fsp3) is 0.211. The van der Waals surface area contributed by atoms with Crippen LogP contribution in [0.1, 0.15) is 26.9 Å². The Morgan fingerprint density at radius 1 is 1.00 bits per heavy atom. The Morgan fingerprint density at radius 3 is 2.46 bits per heavy atom. The molecular weight excluding hydrogens is 382 g/mol. The molecule has 1 aliphatic rings. The minimum atomic E-state index is -0.156. The molecule has 132 valence electrons. The van der Waals surface area contributed by atoms with Gasteiger partial charge in [-0.15, -0.1) is 23.5 Å². The molecule has 4 rings (SSSR count). The molecule has 0 spiro atoms. The van der Waals surface area contributed by atoms with Gasteiger partial charge in [0.25, 0.3) is 5.91 Å². The highest BCUT2D eigenvalue weighted by Crippen LogP contribution is 2.43. The molecule has 4 nitrogen and oxygen atoms in total. The SMILES string of the molecule is O=C(Nc1nc(-c2ccccc2)ns1)c1ccc(C2SCCCS2)cc1. The second-order valence-electron chi connectivity index (χ2n) is 5.79. The molecule has 7 heteroatoms. The van der Waals surface area contributed by atoms with Crippen LogP contribution in [-0.4, -0.2) is 26.8 Å². The maximum absolute atomic E-state index is 12.5. The van der Waals surface area contributed by atoms with E-state index in [4.69, 9.17) is 0 Å². The van der Waals surface area contributed by atoms with Crippen molar-refractivity contribution in [2.45, 2.75) is 11.0 Å². The van der Waals surface area contributed by atoms with E-state index in [1.54, 1.807) is 0 Å².